The molecule has 118 valence electrons. The number of nitrogens with one attached hydrogen (secondary N) is 1. The zero-order valence-electron chi connectivity index (χ0n) is 13.0. The summed E-state index contributed by atoms with van der Waals surface area (Å²) < 4.78 is 10.6. The van der Waals surface area contributed by atoms with Crippen molar-refractivity contribution in [2.75, 3.05) is 7.11 Å². The highest BCUT2D eigenvalue weighted by atomic mass is 16.5. The number of esters is 1. The smallest absolute Gasteiger partial charge is 0.330 e. The molecule has 1 heterocycles. The standard InChI is InChI=1S/C19H19NO3/c1-22-19(21)10-8-15-7-9-18(17-12-20-11-16(15)17)23-13-14-5-3-2-4-6-14/h2-10,20H,11-13H2,1H3. The first-order chi connectivity index (χ1) is 11.3. The molecule has 4 nitrogen and oxygen atoms in total. The average Bonchev–Trinajstić information content (AvgIpc) is 3.09. The minimum absolute atomic E-state index is 0.353. The van der Waals surface area contributed by atoms with Crippen molar-refractivity contribution in [2.45, 2.75) is 19.7 Å². The van der Waals surface area contributed by atoms with Crippen LogP contribution in [0, 0.1) is 0 Å². The molecule has 0 amide bonds. The van der Waals surface area contributed by atoms with E-state index in [0.717, 1.165) is 35.5 Å². The maximum absolute atomic E-state index is 11.3. The van der Waals surface area contributed by atoms with Gasteiger partial charge in [0.15, 0.2) is 0 Å². The Kier molecular flexibility index (Phi) is 4.74. The average molecular weight is 309 g/mol. The molecule has 0 unspecified atom stereocenters. The summed E-state index contributed by atoms with van der Waals surface area (Å²) >= 11 is 0. The topological polar surface area (TPSA) is 47.6 Å². The molecule has 4 heteroatoms. The molecular weight excluding hydrogens is 290 g/mol. The third-order valence-corrected chi connectivity index (χ3v) is 3.87. The molecule has 0 saturated heterocycles. The van der Waals surface area contributed by atoms with E-state index in [2.05, 4.69) is 10.1 Å². The Morgan fingerprint density at radius 2 is 1.91 bits per heavy atom. The number of ether oxygens (including phenoxy) is 2. The van der Waals surface area contributed by atoms with Gasteiger partial charge in [-0.3, -0.25) is 0 Å². The molecule has 0 spiro atoms. The first-order valence-electron chi connectivity index (χ1n) is 7.56. The molecular formula is C19H19NO3. The predicted molar refractivity (Wildman–Crippen MR) is 88.8 cm³/mol. The molecule has 0 saturated carbocycles. The number of hydrogen-bond donors (Lipinski definition) is 1. The molecule has 1 aliphatic rings. The van der Waals surface area contributed by atoms with E-state index in [1.807, 2.05) is 42.5 Å². The first-order valence-corrected chi connectivity index (χ1v) is 7.56. The Hall–Kier alpha value is -2.59. The quantitative estimate of drug-likeness (QED) is 0.681. The molecule has 0 aliphatic carbocycles. The Bertz CT molecular complexity index is 723. The van der Waals surface area contributed by atoms with Crippen LogP contribution in [0.15, 0.2) is 48.5 Å². The summed E-state index contributed by atoms with van der Waals surface area (Å²) in [6, 6.07) is 14.0. The Morgan fingerprint density at radius 3 is 2.70 bits per heavy atom. The Morgan fingerprint density at radius 1 is 1.13 bits per heavy atom. The molecule has 2 aromatic rings. The second-order valence-electron chi connectivity index (χ2n) is 5.34. The largest absolute Gasteiger partial charge is 0.489 e. The van der Waals surface area contributed by atoms with E-state index < -0.39 is 0 Å². The van der Waals surface area contributed by atoms with Crippen molar-refractivity contribution in [3.8, 4) is 5.75 Å². The molecule has 1 N–H and O–H groups in total. The van der Waals surface area contributed by atoms with Crippen molar-refractivity contribution in [3.05, 3.63) is 70.8 Å². The fraction of sp³-hybridized carbons (Fsp3) is 0.211. The zero-order chi connectivity index (χ0) is 16.1. The van der Waals surface area contributed by atoms with Gasteiger partial charge in [0, 0.05) is 24.7 Å². The fourth-order valence-electron chi connectivity index (χ4n) is 2.66. The van der Waals surface area contributed by atoms with Gasteiger partial charge in [-0.05, 0) is 28.8 Å². The van der Waals surface area contributed by atoms with Gasteiger partial charge in [0.2, 0.25) is 0 Å². The lowest BCUT2D eigenvalue weighted by molar-refractivity contribution is -0.134. The van der Waals surface area contributed by atoms with Crippen molar-refractivity contribution < 1.29 is 14.3 Å². The van der Waals surface area contributed by atoms with Crippen LogP contribution in [-0.2, 0) is 29.2 Å². The van der Waals surface area contributed by atoms with Gasteiger partial charge in [-0.15, -0.1) is 0 Å². The summed E-state index contributed by atoms with van der Waals surface area (Å²) in [6.45, 7) is 2.10. The number of hydrogen-bond acceptors (Lipinski definition) is 4. The normalized spacial score (nSPS) is 13.1. The number of benzene rings is 2. The van der Waals surface area contributed by atoms with E-state index in [1.54, 1.807) is 6.08 Å². The molecule has 0 atom stereocenters. The second-order valence-corrected chi connectivity index (χ2v) is 5.34. The summed E-state index contributed by atoms with van der Waals surface area (Å²) in [7, 11) is 1.37. The lowest BCUT2D eigenvalue weighted by atomic mass is 10.0. The lowest BCUT2D eigenvalue weighted by Gasteiger charge is -2.12. The first kappa shape index (κ1) is 15.3. The molecule has 0 radical (unpaired) electrons. The summed E-state index contributed by atoms with van der Waals surface area (Å²) in [5.74, 6) is 0.540. The second kappa shape index (κ2) is 7.11. The van der Waals surface area contributed by atoms with Gasteiger partial charge in [0.05, 0.1) is 7.11 Å². The van der Waals surface area contributed by atoms with Crippen molar-refractivity contribution in [2.24, 2.45) is 0 Å². The number of methoxy groups -OCH3 is 1. The molecule has 3 rings (SSSR count). The van der Waals surface area contributed by atoms with Gasteiger partial charge in [0.1, 0.15) is 12.4 Å². The molecule has 0 aromatic heterocycles. The van der Waals surface area contributed by atoms with Gasteiger partial charge in [-0.1, -0.05) is 36.4 Å². The van der Waals surface area contributed by atoms with Crippen LogP contribution < -0.4 is 10.1 Å². The van der Waals surface area contributed by atoms with Gasteiger partial charge in [0.25, 0.3) is 0 Å². The molecule has 0 bridgehead atoms. The van der Waals surface area contributed by atoms with Crippen LogP contribution >= 0.6 is 0 Å². The number of fused-ring (bicyclic) bond motifs is 1. The van der Waals surface area contributed by atoms with Crippen LogP contribution in [0.3, 0.4) is 0 Å². The van der Waals surface area contributed by atoms with E-state index >= 15 is 0 Å². The van der Waals surface area contributed by atoms with Gasteiger partial charge >= 0.3 is 5.97 Å². The fourth-order valence-corrected chi connectivity index (χ4v) is 2.66. The highest BCUT2D eigenvalue weighted by Crippen LogP contribution is 2.30. The highest BCUT2D eigenvalue weighted by molar-refractivity contribution is 5.87. The Balaban J connectivity index is 1.79. The van der Waals surface area contributed by atoms with Crippen LogP contribution in [0.4, 0.5) is 0 Å². The molecule has 1 aliphatic heterocycles. The summed E-state index contributed by atoms with van der Waals surface area (Å²) in [5, 5.41) is 3.34. The van der Waals surface area contributed by atoms with Crippen LogP contribution in [0.25, 0.3) is 6.08 Å². The summed E-state index contributed by atoms with van der Waals surface area (Å²) in [5.41, 5.74) is 4.49. The van der Waals surface area contributed by atoms with E-state index in [4.69, 9.17) is 4.74 Å². The minimum atomic E-state index is -0.353. The molecule has 0 fully saturated rings. The summed E-state index contributed by atoms with van der Waals surface area (Å²) in [4.78, 5) is 11.3. The van der Waals surface area contributed by atoms with E-state index in [9.17, 15) is 4.79 Å². The maximum Gasteiger partial charge on any atom is 0.330 e. The minimum Gasteiger partial charge on any atom is -0.489 e. The van der Waals surface area contributed by atoms with E-state index in [-0.39, 0.29) is 5.97 Å². The number of carbonyl (C=O) groups excluding carboxylic acids is 1. The van der Waals surface area contributed by atoms with Gasteiger partial charge in [-0.25, -0.2) is 4.79 Å². The van der Waals surface area contributed by atoms with Crippen molar-refractivity contribution in [1.29, 1.82) is 0 Å². The van der Waals surface area contributed by atoms with Gasteiger partial charge < -0.3 is 14.8 Å². The Labute approximate surface area is 135 Å². The van der Waals surface area contributed by atoms with Crippen LogP contribution in [0.2, 0.25) is 0 Å². The number of rotatable bonds is 5. The molecule has 2 aromatic carbocycles. The summed E-state index contributed by atoms with van der Waals surface area (Å²) in [6.07, 6.45) is 3.23. The van der Waals surface area contributed by atoms with Crippen LogP contribution in [-0.4, -0.2) is 13.1 Å². The van der Waals surface area contributed by atoms with Crippen LogP contribution in [0.5, 0.6) is 5.75 Å². The molecule has 23 heavy (non-hydrogen) atoms. The monoisotopic (exact) mass is 309 g/mol. The predicted octanol–water partition coefficient (Wildman–Crippen LogP) is 3.06. The third kappa shape index (κ3) is 3.60. The van der Waals surface area contributed by atoms with Crippen LogP contribution in [0.1, 0.15) is 22.3 Å². The van der Waals surface area contributed by atoms with Gasteiger partial charge in [-0.2, -0.15) is 0 Å². The zero-order valence-corrected chi connectivity index (χ0v) is 13.0. The van der Waals surface area contributed by atoms with E-state index in [1.165, 1.54) is 18.7 Å². The third-order valence-electron chi connectivity index (χ3n) is 3.87. The van der Waals surface area contributed by atoms with Crippen molar-refractivity contribution in [3.63, 3.8) is 0 Å². The lowest BCUT2D eigenvalue weighted by Crippen LogP contribution is -2.01. The maximum atomic E-state index is 11.3. The van der Waals surface area contributed by atoms with E-state index in [0.29, 0.717) is 6.61 Å². The SMILES string of the molecule is COC(=O)C=Cc1ccc(OCc2ccccc2)c2c1CNC2. The van der Waals surface area contributed by atoms with Crippen molar-refractivity contribution in [1.82, 2.24) is 5.32 Å². The highest BCUT2D eigenvalue weighted by Gasteiger charge is 2.18. The number of carbonyl (C=O) groups is 1. The van der Waals surface area contributed by atoms with Crippen molar-refractivity contribution >= 4 is 12.0 Å².